The third-order valence-electron chi connectivity index (χ3n) is 4.57. The number of hydrogen-bond acceptors (Lipinski definition) is 4. The smallest absolute Gasteiger partial charge is 0.0692 e. The lowest BCUT2D eigenvalue weighted by molar-refractivity contribution is -0.0382. The van der Waals surface area contributed by atoms with Gasteiger partial charge in [0.1, 0.15) is 0 Å². The third-order valence-corrected chi connectivity index (χ3v) is 4.57. The lowest BCUT2D eigenvalue weighted by atomic mass is 9.89. The van der Waals surface area contributed by atoms with Gasteiger partial charge >= 0.3 is 0 Å². The van der Waals surface area contributed by atoms with Gasteiger partial charge in [-0.3, -0.25) is 9.80 Å². The van der Waals surface area contributed by atoms with Crippen LogP contribution in [0.2, 0.25) is 0 Å². The summed E-state index contributed by atoms with van der Waals surface area (Å²) in [7, 11) is 4.25. The average Bonchev–Trinajstić information content (AvgIpc) is 2.35. The molecular weight excluding hydrogens is 226 g/mol. The number of hydrogen-bond donors (Lipinski definition) is 1. The van der Waals surface area contributed by atoms with Gasteiger partial charge < -0.3 is 10.0 Å². The number of piperazine rings is 1. The molecule has 18 heavy (non-hydrogen) atoms. The van der Waals surface area contributed by atoms with E-state index in [0.29, 0.717) is 0 Å². The Bertz CT molecular complexity index is 237. The van der Waals surface area contributed by atoms with Gasteiger partial charge in [0.2, 0.25) is 0 Å². The van der Waals surface area contributed by atoms with Gasteiger partial charge in [0, 0.05) is 44.8 Å². The largest absolute Gasteiger partial charge is 0.391 e. The van der Waals surface area contributed by atoms with Gasteiger partial charge in [-0.2, -0.15) is 0 Å². The maximum atomic E-state index is 10.0. The van der Waals surface area contributed by atoms with E-state index in [1.54, 1.807) is 0 Å². The van der Waals surface area contributed by atoms with Crippen LogP contribution in [-0.2, 0) is 0 Å². The third kappa shape index (κ3) is 3.92. The van der Waals surface area contributed by atoms with Crippen LogP contribution in [0.1, 0.15) is 27.2 Å². The predicted octanol–water partition coefficient (Wildman–Crippen LogP) is 0.715. The van der Waals surface area contributed by atoms with Crippen LogP contribution in [0.4, 0.5) is 0 Å². The summed E-state index contributed by atoms with van der Waals surface area (Å²) >= 11 is 0. The molecular formula is C14H31N3O. The molecule has 1 aliphatic rings. The molecule has 4 heteroatoms. The van der Waals surface area contributed by atoms with E-state index in [1.165, 1.54) is 0 Å². The average molecular weight is 257 g/mol. The van der Waals surface area contributed by atoms with Crippen molar-refractivity contribution in [1.82, 2.24) is 14.7 Å². The Morgan fingerprint density at radius 2 is 1.78 bits per heavy atom. The summed E-state index contributed by atoms with van der Waals surface area (Å²) in [6.45, 7) is 12.9. The summed E-state index contributed by atoms with van der Waals surface area (Å²) in [5.41, 5.74) is -0.0619. The van der Waals surface area contributed by atoms with Gasteiger partial charge in [0.15, 0.2) is 0 Å². The molecule has 1 rings (SSSR count). The van der Waals surface area contributed by atoms with Crippen molar-refractivity contribution < 1.29 is 5.11 Å². The molecule has 108 valence electrons. The Balaban J connectivity index is 2.43. The minimum Gasteiger partial charge on any atom is -0.391 e. The van der Waals surface area contributed by atoms with Gasteiger partial charge in [-0.15, -0.1) is 0 Å². The van der Waals surface area contributed by atoms with E-state index in [4.69, 9.17) is 0 Å². The summed E-state index contributed by atoms with van der Waals surface area (Å²) < 4.78 is 0. The van der Waals surface area contributed by atoms with Gasteiger partial charge in [-0.05, 0) is 34.4 Å². The standard InChI is InChI=1S/C14H31N3O/c1-6-14(3,13(2)18)17-11-9-16(10-12-17)8-7-15(4)5/h13,18H,6-12H2,1-5H3. The van der Waals surface area contributed by atoms with Gasteiger partial charge in [0.05, 0.1) is 6.10 Å². The normalized spacial score (nSPS) is 24.2. The zero-order valence-corrected chi connectivity index (χ0v) is 12.8. The Kier molecular flexibility index (Phi) is 6.05. The first-order valence-electron chi connectivity index (χ1n) is 7.20. The molecule has 0 aliphatic carbocycles. The molecule has 1 heterocycles. The van der Waals surface area contributed by atoms with E-state index in [9.17, 15) is 5.11 Å². The van der Waals surface area contributed by atoms with Crippen molar-refractivity contribution in [2.75, 3.05) is 53.4 Å². The summed E-state index contributed by atoms with van der Waals surface area (Å²) in [5.74, 6) is 0. The van der Waals surface area contributed by atoms with Crippen LogP contribution in [0.3, 0.4) is 0 Å². The number of aliphatic hydroxyl groups is 1. The Labute approximate surface area is 113 Å². The molecule has 1 saturated heterocycles. The maximum absolute atomic E-state index is 10.0. The van der Waals surface area contributed by atoms with Gasteiger partial charge in [-0.1, -0.05) is 6.92 Å². The van der Waals surface area contributed by atoms with E-state index in [2.05, 4.69) is 42.6 Å². The minimum absolute atomic E-state index is 0.0619. The molecule has 1 fully saturated rings. The highest BCUT2D eigenvalue weighted by atomic mass is 16.3. The molecule has 0 aromatic heterocycles. The van der Waals surface area contributed by atoms with Crippen LogP contribution < -0.4 is 0 Å². The highest BCUT2D eigenvalue weighted by Gasteiger charge is 2.36. The summed E-state index contributed by atoms with van der Waals surface area (Å²) in [6, 6.07) is 0. The van der Waals surface area contributed by atoms with Crippen LogP contribution in [0.5, 0.6) is 0 Å². The first-order chi connectivity index (χ1) is 8.40. The number of likely N-dealkylation sites (N-methyl/N-ethyl adjacent to an activating group) is 1. The maximum Gasteiger partial charge on any atom is 0.0692 e. The lowest BCUT2D eigenvalue weighted by Gasteiger charge is -2.47. The molecule has 2 atom stereocenters. The Hall–Kier alpha value is -0.160. The fraction of sp³-hybridized carbons (Fsp3) is 1.00. The first kappa shape index (κ1) is 15.9. The van der Waals surface area contributed by atoms with Crippen molar-refractivity contribution in [2.24, 2.45) is 0 Å². The predicted molar refractivity (Wildman–Crippen MR) is 76.9 cm³/mol. The van der Waals surface area contributed by atoms with Gasteiger partial charge in [0.25, 0.3) is 0 Å². The van der Waals surface area contributed by atoms with E-state index in [-0.39, 0.29) is 11.6 Å². The summed E-state index contributed by atoms with van der Waals surface area (Å²) in [6.07, 6.45) is 0.735. The fourth-order valence-electron chi connectivity index (χ4n) is 2.61. The van der Waals surface area contributed by atoms with Crippen LogP contribution in [0, 0.1) is 0 Å². The Morgan fingerprint density at radius 3 is 2.17 bits per heavy atom. The summed E-state index contributed by atoms with van der Waals surface area (Å²) in [4.78, 5) is 7.22. The SMILES string of the molecule is CCC(C)(C(C)O)N1CCN(CCN(C)C)CC1. The molecule has 0 radical (unpaired) electrons. The first-order valence-corrected chi connectivity index (χ1v) is 7.20. The molecule has 1 N–H and O–H groups in total. The quantitative estimate of drug-likeness (QED) is 0.759. The van der Waals surface area contributed by atoms with Crippen LogP contribution in [0.15, 0.2) is 0 Å². The molecule has 1 aliphatic heterocycles. The molecule has 2 unspecified atom stereocenters. The minimum atomic E-state index is -0.268. The Morgan fingerprint density at radius 1 is 1.22 bits per heavy atom. The molecule has 0 amide bonds. The molecule has 4 nitrogen and oxygen atoms in total. The second-order valence-electron chi connectivity index (χ2n) is 6.02. The number of aliphatic hydroxyl groups excluding tert-OH is 1. The highest BCUT2D eigenvalue weighted by molar-refractivity contribution is 4.92. The molecule has 0 saturated carbocycles. The molecule has 0 aromatic carbocycles. The second-order valence-corrected chi connectivity index (χ2v) is 6.02. The van der Waals surface area contributed by atoms with E-state index >= 15 is 0 Å². The molecule has 0 bridgehead atoms. The number of rotatable bonds is 6. The van der Waals surface area contributed by atoms with E-state index in [1.807, 2.05) is 6.92 Å². The summed E-state index contributed by atoms with van der Waals surface area (Å²) in [5, 5.41) is 10.0. The van der Waals surface area contributed by atoms with Gasteiger partial charge in [-0.25, -0.2) is 0 Å². The molecule has 0 spiro atoms. The highest BCUT2D eigenvalue weighted by Crippen LogP contribution is 2.25. The number of nitrogens with zero attached hydrogens (tertiary/aromatic N) is 3. The second kappa shape index (κ2) is 6.85. The monoisotopic (exact) mass is 257 g/mol. The van der Waals surface area contributed by atoms with Crippen molar-refractivity contribution in [3.63, 3.8) is 0 Å². The van der Waals surface area contributed by atoms with Crippen molar-refractivity contribution in [2.45, 2.75) is 38.8 Å². The van der Waals surface area contributed by atoms with Crippen LogP contribution in [0.25, 0.3) is 0 Å². The lowest BCUT2D eigenvalue weighted by Crippen LogP contribution is -2.60. The zero-order valence-electron chi connectivity index (χ0n) is 12.8. The fourth-order valence-corrected chi connectivity index (χ4v) is 2.61. The van der Waals surface area contributed by atoms with E-state index in [0.717, 1.165) is 45.7 Å². The topological polar surface area (TPSA) is 30.0 Å². The molecule has 0 aromatic rings. The van der Waals surface area contributed by atoms with Crippen molar-refractivity contribution in [3.8, 4) is 0 Å². The van der Waals surface area contributed by atoms with Crippen molar-refractivity contribution in [3.05, 3.63) is 0 Å². The van der Waals surface area contributed by atoms with Crippen LogP contribution in [-0.4, -0.2) is 84.8 Å². The zero-order chi connectivity index (χ0) is 13.8. The van der Waals surface area contributed by atoms with Crippen molar-refractivity contribution >= 4 is 0 Å². The van der Waals surface area contributed by atoms with Crippen molar-refractivity contribution in [1.29, 1.82) is 0 Å². The van der Waals surface area contributed by atoms with Crippen LogP contribution >= 0.6 is 0 Å². The van der Waals surface area contributed by atoms with E-state index < -0.39 is 0 Å².